The van der Waals surface area contributed by atoms with Gasteiger partial charge in [-0.05, 0) is 75.0 Å². The zero-order chi connectivity index (χ0) is 30.5. The molecule has 0 radical (unpaired) electrons. The van der Waals surface area contributed by atoms with Gasteiger partial charge in [-0.3, -0.25) is 0 Å². The molecule has 0 aromatic rings. The molecule has 0 aliphatic heterocycles. The van der Waals surface area contributed by atoms with Gasteiger partial charge in [0.05, 0.1) is 13.2 Å². The molecule has 6 unspecified atom stereocenters. The first kappa shape index (κ1) is 32.4. The van der Waals surface area contributed by atoms with Gasteiger partial charge >= 0.3 is 42.5 Å². The van der Waals surface area contributed by atoms with Crippen LogP contribution in [-0.4, -0.2) is 52.5 Å². The van der Waals surface area contributed by atoms with Crippen molar-refractivity contribution < 1.29 is 53.5 Å². The lowest BCUT2D eigenvalue weighted by Gasteiger charge is -2.47. The third kappa shape index (κ3) is 6.56. The fourth-order valence-corrected chi connectivity index (χ4v) is 10.7. The number of carbonyl (C=O) groups is 2. The van der Waals surface area contributed by atoms with Gasteiger partial charge in [-0.15, -0.1) is 0 Å². The van der Waals surface area contributed by atoms with Crippen LogP contribution in [0.3, 0.4) is 0 Å². The first-order valence-electron chi connectivity index (χ1n) is 14.2. The third-order valence-electron chi connectivity index (χ3n) is 9.51. The first-order valence-corrected chi connectivity index (χ1v) is 17.2. The number of fused-ring (bicyclic) bond motifs is 4. The highest BCUT2D eigenvalue weighted by atomic mass is 32.3. The van der Waals surface area contributed by atoms with E-state index in [0.717, 1.165) is 38.5 Å². The Morgan fingerprint density at radius 1 is 0.732 bits per heavy atom. The highest BCUT2D eigenvalue weighted by molar-refractivity contribution is 8.06. The van der Waals surface area contributed by atoms with Crippen LogP contribution in [0, 0.1) is 34.5 Å². The second-order valence-corrected chi connectivity index (χ2v) is 17.0. The summed E-state index contributed by atoms with van der Waals surface area (Å²) in [5.74, 6) is -4.04. The standard InChI is InChI=1S/C26H39F4NO8S2/c1-17-9-19-5-3-7-23(11-17,13-19)15-38-21(32)25(27,28)40(34,35)31-41(36,37)26(29,30)22(33)39-16-24-8-4-6-20(14-24)10-18(2)12-24/h17-20,31H,3-16H2,1-2H3. The number of hydrogen-bond donors (Lipinski definition) is 1. The molecule has 0 aromatic carbocycles. The van der Waals surface area contributed by atoms with E-state index in [-0.39, 0.29) is 16.0 Å². The van der Waals surface area contributed by atoms with Gasteiger partial charge in [-0.25, -0.2) is 26.4 Å². The fraction of sp³-hybridized carbons (Fsp3) is 0.923. The molecule has 4 aliphatic rings. The van der Waals surface area contributed by atoms with Crippen molar-refractivity contribution in [3.63, 3.8) is 0 Å². The van der Waals surface area contributed by atoms with Gasteiger partial charge in [0.15, 0.2) is 0 Å². The van der Waals surface area contributed by atoms with Gasteiger partial charge in [0.25, 0.3) is 0 Å². The van der Waals surface area contributed by atoms with E-state index in [2.05, 4.69) is 9.47 Å². The highest BCUT2D eigenvalue weighted by Gasteiger charge is 2.63. The maximum absolute atomic E-state index is 14.7. The lowest BCUT2D eigenvalue weighted by molar-refractivity contribution is -0.167. The summed E-state index contributed by atoms with van der Waals surface area (Å²) in [5.41, 5.74) is -1.22. The molecule has 4 rings (SSSR count). The van der Waals surface area contributed by atoms with Crippen LogP contribution in [0.15, 0.2) is 0 Å². The van der Waals surface area contributed by atoms with Crippen molar-refractivity contribution in [3.05, 3.63) is 0 Å². The molecule has 0 aromatic heterocycles. The minimum atomic E-state index is -6.61. The number of esters is 2. The molecule has 4 fully saturated rings. The van der Waals surface area contributed by atoms with Crippen molar-refractivity contribution in [1.82, 2.24) is 4.13 Å². The lowest BCUT2D eigenvalue weighted by Crippen LogP contribution is -2.55. The van der Waals surface area contributed by atoms with Crippen LogP contribution in [0.2, 0.25) is 0 Å². The van der Waals surface area contributed by atoms with Gasteiger partial charge in [-0.1, -0.05) is 43.7 Å². The minimum Gasteiger partial charge on any atom is -0.460 e. The van der Waals surface area contributed by atoms with E-state index < -0.39 is 66.5 Å². The summed E-state index contributed by atoms with van der Waals surface area (Å²) in [6, 6.07) is 0. The highest BCUT2D eigenvalue weighted by Crippen LogP contribution is 2.52. The van der Waals surface area contributed by atoms with Gasteiger partial charge in [-0.2, -0.15) is 17.6 Å². The summed E-state index contributed by atoms with van der Waals surface area (Å²) in [6.45, 7) is 2.95. The van der Waals surface area contributed by atoms with Crippen molar-refractivity contribution in [3.8, 4) is 0 Å². The maximum atomic E-state index is 14.7. The smallest absolute Gasteiger partial charge is 0.455 e. The average Bonchev–Trinajstić information content (AvgIpc) is 2.84. The van der Waals surface area contributed by atoms with Gasteiger partial charge in [0.1, 0.15) is 0 Å². The molecule has 41 heavy (non-hydrogen) atoms. The van der Waals surface area contributed by atoms with Crippen LogP contribution in [0.25, 0.3) is 0 Å². The van der Waals surface area contributed by atoms with E-state index >= 15 is 0 Å². The lowest BCUT2D eigenvalue weighted by atomic mass is 9.59. The van der Waals surface area contributed by atoms with Crippen molar-refractivity contribution in [1.29, 1.82) is 0 Å². The zero-order valence-electron chi connectivity index (χ0n) is 23.3. The maximum Gasteiger partial charge on any atom is 0.455 e. The summed E-state index contributed by atoms with van der Waals surface area (Å²) < 4.78 is 117. The van der Waals surface area contributed by atoms with Crippen LogP contribution in [0.1, 0.15) is 90.9 Å². The van der Waals surface area contributed by atoms with Crippen molar-refractivity contribution in [2.24, 2.45) is 34.5 Å². The van der Waals surface area contributed by atoms with Crippen LogP contribution < -0.4 is 4.13 Å². The van der Waals surface area contributed by atoms with Crippen molar-refractivity contribution >= 4 is 32.0 Å². The van der Waals surface area contributed by atoms with E-state index in [4.69, 9.17) is 0 Å². The number of nitrogens with one attached hydrogen (secondary N) is 1. The number of hydrogen-bond acceptors (Lipinski definition) is 8. The topological polar surface area (TPSA) is 133 Å². The van der Waals surface area contributed by atoms with E-state index in [1.165, 1.54) is 0 Å². The van der Waals surface area contributed by atoms with E-state index in [9.17, 15) is 44.0 Å². The van der Waals surface area contributed by atoms with Crippen molar-refractivity contribution in [2.75, 3.05) is 13.2 Å². The Morgan fingerprint density at radius 3 is 1.46 bits per heavy atom. The molecule has 4 aliphatic carbocycles. The Bertz CT molecular complexity index is 1140. The number of halogens is 4. The molecule has 0 heterocycles. The molecule has 15 heteroatoms. The Balaban J connectivity index is 1.39. The van der Waals surface area contributed by atoms with Gasteiger partial charge in [0, 0.05) is 10.8 Å². The number of carbonyl (C=O) groups excluding carboxylic acids is 2. The number of ether oxygens (including phenoxy) is 2. The SMILES string of the molecule is CC1CC2CCCC(COC(=O)C(F)(F)S(=O)(=O)NS(=O)(=O)C(F)(F)C(=O)OCC34CCCC(CC(C)C3)C4)(C1)C2. The van der Waals surface area contributed by atoms with Gasteiger partial charge in [0.2, 0.25) is 0 Å². The van der Waals surface area contributed by atoms with Crippen LogP contribution in [0.5, 0.6) is 0 Å². The van der Waals surface area contributed by atoms with Crippen molar-refractivity contribution in [2.45, 2.75) is 101 Å². The van der Waals surface area contributed by atoms with Crippen LogP contribution >= 0.6 is 0 Å². The second-order valence-electron chi connectivity index (χ2n) is 13.3. The van der Waals surface area contributed by atoms with Crippen LogP contribution in [0.4, 0.5) is 17.6 Å². The largest absolute Gasteiger partial charge is 0.460 e. The molecule has 4 saturated carbocycles. The minimum absolute atomic E-state index is 0.191. The number of rotatable bonds is 10. The summed E-state index contributed by atoms with van der Waals surface area (Å²) in [5, 5.41) is -11.1. The molecule has 1 N–H and O–H groups in total. The number of alkyl halides is 4. The summed E-state index contributed by atoms with van der Waals surface area (Å²) in [4.78, 5) is 24.4. The molecular formula is C26H39F4NO8S2. The number of sulfonamides is 2. The molecule has 0 spiro atoms. The molecule has 236 valence electrons. The molecule has 0 amide bonds. The molecule has 4 bridgehead atoms. The Hall–Kier alpha value is -1.48. The molecule has 9 nitrogen and oxygen atoms in total. The van der Waals surface area contributed by atoms with E-state index in [1.807, 2.05) is 13.8 Å². The Kier molecular flexibility index (Phi) is 8.88. The summed E-state index contributed by atoms with van der Waals surface area (Å²) >= 11 is 0. The predicted octanol–water partition coefficient (Wildman–Crippen LogP) is 4.72. The summed E-state index contributed by atoms with van der Waals surface area (Å²) in [6.07, 6.45) is 8.92. The van der Waals surface area contributed by atoms with Crippen LogP contribution in [-0.2, 0) is 39.1 Å². The molecule has 0 saturated heterocycles. The Labute approximate surface area is 238 Å². The summed E-state index contributed by atoms with van der Waals surface area (Å²) in [7, 11) is -13.2. The first-order chi connectivity index (χ1) is 18.8. The monoisotopic (exact) mass is 633 g/mol. The van der Waals surface area contributed by atoms with E-state index in [1.54, 1.807) is 0 Å². The van der Waals surface area contributed by atoms with E-state index in [0.29, 0.717) is 50.4 Å². The zero-order valence-corrected chi connectivity index (χ0v) is 24.9. The predicted molar refractivity (Wildman–Crippen MR) is 138 cm³/mol. The average molecular weight is 634 g/mol. The normalized spacial score (nSPS) is 34.5. The second kappa shape index (κ2) is 11.2. The fourth-order valence-electron chi connectivity index (χ4n) is 8.17. The molecular weight excluding hydrogens is 594 g/mol. The quantitative estimate of drug-likeness (QED) is 0.270. The van der Waals surface area contributed by atoms with Gasteiger partial charge < -0.3 is 9.47 Å². The Morgan fingerprint density at radius 2 is 1.10 bits per heavy atom. The molecule has 6 atom stereocenters. The third-order valence-corrected chi connectivity index (χ3v) is 12.9.